The van der Waals surface area contributed by atoms with Gasteiger partial charge in [-0.15, -0.1) is 0 Å². The van der Waals surface area contributed by atoms with Gasteiger partial charge < -0.3 is 15.4 Å². The van der Waals surface area contributed by atoms with Crippen LogP contribution in [0.2, 0.25) is 0 Å². The largest absolute Gasteiger partial charge is 0.491 e. The zero-order chi connectivity index (χ0) is 15.1. The topological polar surface area (TPSA) is 50.4 Å². The lowest BCUT2D eigenvalue weighted by Gasteiger charge is -2.18. The highest BCUT2D eigenvalue weighted by molar-refractivity contribution is 5.78. The first kappa shape index (κ1) is 16.5. The van der Waals surface area contributed by atoms with Gasteiger partial charge >= 0.3 is 0 Å². The van der Waals surface area contributed by atoms with Crippen LogP contribution < -0.4 is 15.4 Å². The molecule has 0 aliphatic rings. The molecule has 1 amide bonds. The maximum atomic E-state index is 12.0. The fourth-order valence-corrected chi connectivity index (χ4v) is 1.95. The van der Waals surface area contributed by atoms with Gasteiger partial charge in [-0.1, -0.05) is 19.1 Å². The number of benzene rings is 1. The second kappa shape index (κ2) is 7.90. The van der Waals surface area contributed by atoms with Gasteiger partial charge in [0.25, 0.3) is 0 Å². The van der Waals surface area contributed by atoms with Crippen molar-refractivity contribution in [2.45, 2.75) is 39.8 Å². The Morgan fingerprint density at radius 3 is 2.25 bits per heavy atom. The summed E-state index contributed by atoms with van der Waals surface area (Å²) >= 11 is 0. The maximum absolute atomic E-state index is 12.0. The second-order valence-electron chi connectivity index (χ2n) is 5.42. The van der Waals surface area contributed by atoms with Crippen LogP contribution >= 0.6 is 0 Å². The molecular formula is C16H26N2O2. The molecule has 0 aliphatic carbocycles. The molecule has 0 bridgehead atoms. The molecule has 0 aliphatic heterocycles. The molecule has 0 saturated carbocycles. The lowest BCUT2D eigenvalue weighted by atomic mass is 10.1. The molecule has 2 atom stereocenters. The van der Waals surface area contributed by atoms with Gasteiger partial charge in [-0.3, -0.25) is 4.79 Å². The number of ether oxygens (including phenoxy) is 1. The summed E-state index contributed by atoms with van der Waals surface area (Å²) in [6.45, 7) is 8.58. The van der Waals surface area contributed by atoms with Crippen LogP contribution in [-0.4, -0.2) is 25.6 Å². The van der Waals surface area contributed by atoms with E-state index in [9.17, 15) is 4.79 Å². The summed E-state index contributed by atoms with van der Waals surface area (Å²) in [6, 6.07) is 7.86. The van der Waals surface area contributed by atoms with Crippen molar-refractivity contribution in [2.24, 2.45) is 5.92 Å². The number of hydrogen-bond donors (Lipinski definition) is 2. The summed E-state index contributed by atoms with van der Waals surface area (Å²) in [5.74, 6) is 0.881. The van der Waals surface area contributed by atoms with Crippen LogP contribution in [0.4, 0.5) is 0 Å². The average molecular weight is 278 g/mol. The minimum Gasteiger partial charge on any atom is -0.491 e. The lowest BCUT2D eigenvalue weighted by molar-refractivity contribution is -0.125. The fourth-order valence-electron chi connectivity index (χ4n) is 1.95. The van der Waals surface area contributed by atoms with Crippen LogP contribution in [-0.2, 0) is 4.79 Å². The van der Waals surface area contributed by atoms with E-state index in [0.29, 0.717) is 6.54 Å². The van der Waals surface area contributed by atoms with E-state index in [4.69, 9.17) is 4.74 Å². The summed E-state index contributed by atoms with van der Waals surface area (Å²) in [5.41, 5.74) is 1.08. The standard InChI is InChI=1S/C16H26N2O2/c1-11(2)20-15-8-6-14(7-9-15)13(4)18-16(19)12(3)10-17-5/h6-9,11-13,17H,10H2,1-5H3,(H,18,19). The highest BCUT2D eigenvalue weighted by Crippen LogP contribution is 2.18. The molecule has 1 aromatic rings. The van der Waals surface area contributed by atoms with E-state index in [2.05, 4.69) is 10.6 Å². The first-order valence-corrected chi connectivity index (χ1v) is 7.15. The average Bonchev–Trinajstić information content (AvgIpc) is 2.39. The van der Waals surface area contributed by atoms with Gasteiger partial charge in [0.05, 0.1) is 12.1 Å². The number of amides is 1. The van der Waals surface area contributed by atoms with E-state index in [1.165, 1.54) is 0 Å². The Morgan fingerprint density at radius 1 is 1.15 bits per heavy atom. The van der Waals surface area contributed by atoms with Crippen LogP contribution in [0.25, 0.3) is 0 Å². The molecule has 4 nitrogen and oxygen atoms in total. The Kier molecular flexibility index (Phi) is 6.52. The van der Waals surface area contributed by atoms with Crippen LogP contribution in [0, 0.1) is 5.92 Å². The van der Waals surface area contributed by atoms with Gasteiger partial charge in [-0.2, -0.15) is 0 Å². The Labute approximate surface area is 121 Å². The summed E-state index contributed by atoms with van der Waals surface area (Å²) in [7, 11) is 1.85. The molecule has 112 valence electrons. The lowest BCUT2D eigenvalue weighted by Crippen LogP contribution is -2.35. The normalized spacial score (nSPS) is 13.9. The highest BCUT2D eigenvalue weighted by Gasteiger charge is 2.15. The number of carbonyl (C=O) groups excluding carboxylic acids is 1. The van der Waals surface area contributed by atoms with Crippen LogP contribution in [0.15, 0.2) is 24.3 Å². The smallest absolute Gasteiger partial charge is 0.224 e. The maximum Gasteiger partial charge on any atom is 0.224 e. The molecule has 20 heavy (non-hydrogen) atoms. The molecule has 0 aromatic heterocycles. The van der Waals surface area contributed by atoms with E-state index in [0.717, 1.165) is 11.3 Å². The molecule has 0 saturated heterocycles. The second-order valence-corrected chi connectivity index (χ2v) is 5.42. The predicted molar refractivity (Wildman–Crippen MR) is 81.9 cm³/mol. The van der Waals surface area contributed by atoms with E-state index in [1.54, 1.807) is 0 Å². The summed E-state index contributed by atoms with van der Waals surface area (Å²) in [6.07, 6.45) is 0.167. The van der Waals surface area contributed by atoms with Crippen molar-refractivity contribution in [3.8, 4) is 5.75 Å². The van der Waals surface area contributed by atoms with Crippen molar-refractivity contribution >= 4 is 5.91 Å². The van der Waals surface area contributed by atoms with Crippen molar-refractivity contribution in [3.63, 3.8) is 0 Å². The van der Waals surface area contributed by atoms with Gasteiger partial charge in [0, 0.05) is 12.5 Å². The minimum atomic E-state index is -0.0361. The van der Waals surface area contributed by atoms with Crippen molar-refractivity contribution in [1.82, 2.24) is 10.6 Å². The first-order chi connectivity index (χ1) is 9.43. The predicted octanol–water partition coefficient (Wildman–Crippen LogP) is 2.51. The van der Waals surface area contributed by atoms with E-state index < -0.39 is 0 Å². The molecule has 1 rings (SSSR count). The van der Waals surface area contributed by atoms with Crippen LogP contribution in [0.3, 0.4) is 0 Å². The van der Waals surface area contributed by atoms with Crippen molar-refractivity contribution < 1.29 is 9.53 Å². The van der Waals surface area contributed by atoms with Gasteiger partial charge in [0.15, 0.2) is 0 Å². The summed E-state index contributed by atoms with van der Waals surface area (Å²) in [4.78, 5) is 12.0. The minimum absolute atomic E-state index is 0.00472. The first-order valence-electron chi connectivity index (χ1n) is 7.15. The Bertz CT molecular complexity index is 415. The van der Waals surface area contributed by atoms with Gasteiger partial charge in [0.2, 0.25) is 5.91 Å². The van der Waals surface area contributed by atoms with E-state index in [1.807, 2.05) is 59.0 Å². The van der Waals surface area contributed by atoms with Crippen molar-refractivity contribution in [2.75, 3.05) is 13.6 Å². The van der Waals surface area contributed by atoms with Crippen molar-refractivity contribution in [1.29, 1.82) is 0 Å². The van der Waals surface area contributed by atoms with Crippen LogP contribution in [0.1, 0.15) is 39.3 Å². The van der Waals surface area contributed by atoms with Gasteiger partial charge in [-0.25, -0.2) is 0 Å². The molecular weight excluding hydrogens is 252 g/mol. The summed E-state index contributed by atoms with van der Waals surface area (Å²) in [5, 5.41) is 6.03. The third-order valence-corrected chi connectivity index (χ3v) is 3.07. The van der Waals surface area contributed by atoms with E-state index in [-0.39, 0.29) is 24.0 Å². The molecule has 0 radical (unpaired) electrons. The molecule has 1 aromatic carbocycles. The monoisotopic (exact) mass is 278 g/mol. The highest BCUT2D eigenvalue weighted by atomic mass is 16.5. The zero-order valence-electron chi connectivity index (χ0n) is 13.1. The third-order valence-electron chi connectivity index (χ3n) is 3.07. The summed E-state index contributed by atoms with van der Waals surface area (Å²) < 4.78 is 5.60. The van der Waals surface area contributed by atoms with Crippen LogP contribution in [0.5, 0.6) is 5.75 Å². The van der Waals surface area contributed by atoms with Gasteiger partial charge in [-0.05, 0) is 45.5 Å². The Balaban J connectivity index is 2.59. The Morgan fingerprint density at radius 2 is 1.75 bits per heavy atom. The molecule has 0 spiro atoms. The number of hydrogen-bond acceptors (Lipinski definition) is 3. The molecule has 0 heterocycles. The Hall–Kier alpha value is -1.55. The molecule has 4 heteroatoms. The number of nitrogens with one attached hydrogen (secondary N) is 2. The quantitative estimate of drug-likeness (QED) is 0.805. The third kappa shape index (κ3) is 5.21. The molecule has 2 N–H and O–H groups in total. The van der Waals surface area contributed by atoms with E-state index >= 15 is 0 Å². The SMILES string of the molecule is CNCC(C)C(=O)NC(C)c1ccc(OC(C)C)cc1. The van der Waals surface area contributed by atoms with Gasteiger partial charge in [0.1, 0.15) is 5.75 Å². The zero-order valence-corrected chi connectivity index (χ0v) is 13.1. The molecule has 0 fully saturated rings. The number of carbonyl (C=O) groups is 1. The molecule has 2 unspecified atom stereocenters. The number of rotatable bonds is 7. The fraction of sp³-hybridized carbons (Fsp3) is 0.562. The van der Waals surface area contributed by atoms with Crippen molar-refractivity contribution in [3.05, 3.63) is 29.8 Å².